The van der Waals surface area contributed by atoms with E-state index in [9.17, 15) is 68.5 Å². The van der Waals surface area contributed by atoms with Crippen molar-refractivity contribution in [2.45, 2.75) is 24.7 Å². The topological polar surface area (TPSA) is 81.2 Å². The molecular formula is C43H17F12N5. The number of alkyl halides is 12. The Morgan fingerprint density at radius 3 is 0.967 bits per heavy atom. The van der Waals surface area contributed by atoms with Gasteiger partial charge in [0.05, 0.1) is 90.6 Å². The van der Waals surface area contributed by atoms with Crippen LogP contribution in [0.3, 0.4) is 0 Å². The van der Waals surface area contributed by atoms with E-state index in [-0.39, 0.29) is 82.8 Å². The van der Waals surface area contributed by atoms with Gasteiger partial charge >= 0.3 is 24.7 Å². The number of benzene rings is 6. The summed E-state index contributed by atoms with van der Waals surface area (Å²) in [6.07, 6.45) is -19.8. The molecule has 0 radical (unpaired) electrons. The van der Waals surface area contributed by atoms with Gasteiger partial charge in [-0.1, -0.05) is 0 Å². The molecule has 0 amide bonds. The molecule has 0 saturated heterocycles. The zero-order valence-corrected chi connectivity index (χ0v) is 29.6. The lowest BCUT2D eigenvalue weighted by Crippen LogP contribution is -2.07. The number of rotatable bonds is 3. The Balaban J connectivity index is 1.59. The van der Waals surface area contributed by atoms with E-state index in [0.29, 0.717) is 48.5 Å². The predicted molar refractivity (Wildman–Crippen MR) is 195 cm³/mol. The van der Waals surface area contributed by atoms with Crippen LogP contribution in [0.2, 0.25) is 0 Å². The van der Waals surface area contributed by atoms with Gasteiger partial charge in [0.1, 0.15) is 0 Å². The molecular weight excluding hydrogens is 814 g/mol. The zero-order chi connectivity index (χ0) is 43.3. The van der Waals surface area contributed by atoms with Crippen molar-refractivity contribution in [3.05, 3.63) is 142 Å². The standard InChI is InChI=1S/C43H17F12N5/c44-40(45,46)25-1-5-34-30(13-25)31-14-26(41(47,48)49)2-6-35(31)59(34)38-12-24(20-58)29(23-10-21(18-56)9-22(11-23)19-57)17-39(38)60-36-7-3-27(42(50,51)52)15-32(36)33-16-28(43(53,54)55)4-8-37(33)60/h1-17H. The van der Waals surface area contributed by atoms with Crippen LogP contribution >= 0.6 is 0 Å². The highest BCUT2D eigenvalue weighted by Gasteiger charge is 2.36. The van der Waals surface area contributed by atoms with E-state index in [2.05, 4.69) is 0 Å². The summed E-state index contributed by atoms with van der Waals surface area (Å²) in [5, 5.41) is 28.8. The fourth-order valence-electron chi connectivity index (χ4n) is 7.45. The zero-order valence-electron chi connectivity index (χ0n) is 29.6. The average molecular weight is 832 g/mol. The molecule has 8 rings (SSSR count). The minimum Gasteiger partial charge on any atom is -0.307 e. The number of nitrogens with zero attached hydrogens (tertiary/aromatic N) is 5. The number of hydrogen-bond donors (Lipinski definition) is 0. The molecule has 0 saturated carbocycles. The van der Waals surface area contributed by atoms with Gasteiger partial charge in [0.25, 0.3) is 0 Å². The van der Waals surface area contributed by atoms with Crippen LogP contribution in [-0.4, -0.2) is 9.13 Å². The third-order valence-corrected chi connectivity index (χ3v) is 10.1. The van der Waals surface area contributed by atoms with Crippen molar-refractivity contribution < 1.29 is 52.7 Å². The Bertz CT molecular complexity index is 3070. The summed E-state index contributed by atoms with van der Waals surface area (Å²) in [4.78, 5) is 0. The molecule has 0 spiro atoms. The summed E-state index contributed by atoms with van der Waals surface area (Å²) in [6, 6.07) is 21.4. The molecule has 0 aliphatic carbocycles. The van der Waals surface area contributed by atoms with Crippen molar-refractivity contribution >= 4 is 43.6 Å². The second-order valence-electron chi connectivity index (χ2n) is 13.6. The monoisotopic (exact) mass is 831 g/mol. The first kappa shape index (κ1) is 39.4. The summed E-state index contributed by atoms with van der Waals surface area (Å²) in [5.74, 6) is 0. The van der Waals surface area contributed by atoms with Crippen LogP contribution in [0.15, 0.2) is 103 Å². The third kappa shape index (κ3) is 6.47. The third-order valence-electron chi connectivity index (χ3n) is 10.1. The molecule has 5 nitrogen and oxygen atoms in total. The summed E-state index contributed by atoms with van der Waals surface area (Å²) in [7, 11) is 0. The number of hydrogen-bond acceptors (Lipinski definition) is 3. The molecule has 0 unspecified atom stereocenters. The van der Waals surface area contributed by atoms with Gasteiger partial charge < -0.3 is 9.13 Å². The van der Waals surface area contributed by atoms with Gasteiger partial charge in [0.2, 0.25) is 0 Å². The summed E-state index contributed by atoms with van der Waals surface area (Å²) >= 11 is 0. The molecule has 8 aromatic rings. The van der Waals surface area contributed by atoms with Crippen molar-refractivity contribution in [2.75, 3.05) is 0 Å². The summed E-state index contributed by atoms with van der Waals surface area (Å²) < 4.78 is 172. The van der Waals surface area contributed by atoms with Gasteiger partial charge in [-0.25, -0.2) is 0 Å². The van der Waals surface area contributed by atoms with Gasteiger partial charge in [-0.3, -0.25) is 0 Å². The molecule has 298 valence electrons. The van der Waals surface area contributed by atoms with Crippen molar-refractivity contribution in [1.29, 1.82) is 15.8 Å². The highest BCUT2D eigenvalue weighted by Crippen LogP contribution is 2.45. The number of halogens is 12. The van der Waals surface area contributed by atoms with Gasteiger partial charge in [-0.15, -0.1) is 0 Å². The molecule has 2 heterocycles. The Morgan fingerprint density at radius 2 is 0.683 bits per heavy atom. The quantitative estimate of drug-likeness (QED) is 0.166. The van der Waals surface area contributed by atoms with E-state index < -0.39 is 47.0 Å². The molecule has 0 bridgehead atoms. The first-order valence-electron chi connectivity index (χ1n) is 17.1. The van der Waals surface area contributed by atoms with Crippen LogP contribution in [-0.2, 0) is 24.7 Å². The minimum absolute atomic E-state index is 0.00171. The Hall–Kier alpha value is -7.45. The molecule has 17 heteroatoms. The Morgan fingerprint density at radius 1 is 0.367 bits per heavy atom. The summed E-state index contributed by atoms with van der Waals surface area (Å²) in [6.45, 7) is 0. The highest BCUT2D eigenvalue weighted by molar-refractivity contribution is 6.12. The summed E-state index contributed by atoms with van der Waals surface area (Å²) in [5.41, 5.74) is -5.76. The second kappa shape index (κ2) is 13.3. The van der Waals surface area contributed by atoms with Crippen molar-refractivity contribution in [3.63, 3.8) is 0 Å². The average Bonchev–Trinajstić information content (AvgIpc) is 3.70. The number of aromatic nitrogens is 2. The number of nitriles is 3. The minimum atomic E-state index is -4.95. The van der Waals surface area contributed by atoms with E-state index in [1.165, 1.54) is 39.5 Å². The molecule has 0 fully saturated rings. The van der Waals surface area contributed by atoms with Gasteiger partial charge in [0, 0.05) is 27.1 Å². The lowest BCUT2D eigenvalue weighted by molar-refractivity contribution is -0.138. The highest BCUT2D eigenvalue weighted by atomic mass is 19.4. The van der Waals surface area contributed by atoms with Crippen molar-refractivity contribution in [3.8, 4) is 40.7 Å². The van der Waals surface area contributed by atoms with Crippen LogP contribution < -0.4 is 0 Å². The second-order valence-corrected chi connectivity index (χ2v) is 13.6. The smallest absolute Gasteiger partial charge is 0.307 e. The molecule has 0 aliphatic rings. The number of fused-ring (bicyclic) bond motifs is 6. The fourth-order valence-corrected chi connectivity index (χ4v) is 7.45. The molecule has 0 N–H and O–H groups in total. The van der Waals surface area contributed by atoms with Crippen molar-refractivity contribution in [1.82, 2.24) is 9.13 Å². The van der Waals surface area contributed by atoms with E-state index >= 15 is 0 Å². The van der Waals surface area contributed by atoms with Gasteiger partial charge in [-0.2, -0.15) is 68.5 Å². The maximum atomic E-state index is 14.1. The van der Waals surface area contributed by atoms with Crippen LogP contribution in [0.1, 0.15) is 38.9 Å². The maximum absolute atomic E-state index is 14.1. The first-order chi connectivity index (χ1) is 28.1. The van der Waals surface area contributed by atoms with E-state index in [1.54, 1.807) is 0 Å². The maximum Gasteiger partial charge on any atom is 0.416 e. The SMILES string of the molecule is N#Cc1cc(C#N)cc(-c2cc(-n3c4ccc(C(F)(F)F)cc4c4cc(C(F)(F)F)ccc43)c(-n3c4ccc(C(F)(F)F)cc4c4cc(C(F)(F)F)ccc43)cc2C#N)c1. The van der Waals surface area contributed by atoms with Gasteiger partial charge in [0.15, 0.2) is 0 Å². The molecule has 6 aromatic carbocycles. The first-order valence-corrected chi connectivity index (χ1v) is 17.1. The van der Waals surface area contributed by atoms with Gasteiger partial charge in [-0.05, 0) is 109 Å². The molecule has 0 aliphatic heterocycles. The van der Waals surface area contributed by atoms with E-state index in [1.807, 2.05) is 18.2 Å². The predicted octanol–water partition coefficient (Wildman–Crippen LogP) is 13.2. The fraction of sp³-hybridized carbons (Fsp3) is 0.0930. The molecule has 0 atom stereocenters. The van der Waals surface area contributed by atoms with Crippen LogP contribution in [0, 0.1) is 34.0 Å². The lowest BCUT2D eigenvalue weighted by atomic mass is 9.95. The Kier molecular flexibility index (Phi) is 8.72. The van der Waals surface area contributed by atoms with E-state index in [4.69, 9.17) is 0 Å². The van der Waals surface area contributed by atoms with Crippen molar-refractivity contribution in [2.24, 2.45) is 0 Å². The van der Waals surface area contributed by atoms with E-state index in [0.717, 1.165) is 24.3 Å². The van der Waals surface area contributed by atoms with Crippen LogP contribution in [0.4, 0.5) is 52.7 Å². The van der Waals surface area contributed by atoms with Crippen LogP contribution in [0.25, 0.3) is 66.1 Å². The lowest BCUT2D eigenvalue weighted by Gasteiger charge is -2.20. The van der Waals surface area contributed by atoms with Crippen LogP contribution in [0.5, 0.6) is 0 Å². The molecule has 60 heavy (non-hydrogen) atoms. The normalized spacial score (nSPS) is 12.6. The largest absolute Gasteiger partial charge is 0.416 e. The Labute approximate surface area is 328 Å². The molecule has 2 aromatic heterocycles.